The molecular formula is C33H62O4Si2. The standard InChI is InChI=1S/C33H62O4Si2/c1-12-19-20-27(8)32(36-38(13-2,14-3)15-4)29(10)33(37-39(16-5,17-6)18-7)28(9)25-35-26-30-21-23-31(34-11)24-22-30/h12,21-24,27-29,32-33H,1,13-20,25-26H2,2-11H3/t27-,28-,29+,32-,33-/m0/s1. The Labute approximate surface area is 244 Å². The zero-order chi connectivity index (χ0) is 29.5. The van der Waals surface area contributed by atoms with E-state index < -0.39 is 16.6 Å². The molecule has 0 aliphatic rings. The molecule has 0 heterocycles. The molecule has 0 bridgehead atoms. The van der Waals surface area contributed by atoms with E-state index in [2.05, 4.69) is 87.1 Å². The number of methoxy groups -OCH3 is 1. The molecule has 6 heteroatoms. The summed E-state index contributed by atoms with van der Waals surface area (Å²) in [6.45, 7) is 26.4. The molecule has 4 nitrogen and oxygen atoms in total. The zero-order valence-electron chi connectivity index (χ0n) is 27.2. The molecule has 0 fully saturated rings. The van der Waals surface area contributed by atoms with Crippen molar-refractivity contribution in [2.45, 2.75) is 130 Å². The van der Waals surface area contributed by atoms with Gasteiger partial charge >= 0.3 is 0 Å². The van der Waals surface area contributed by atoms with Gasteiger partial charge in [0.15, 0.2) is 16.6 Å². The lowest BCUT2D eigenvalue weighted by molar-refractivity contribution is -0.0375. The molecule has 0 saturated carbocycles. The Hall–Kier alpha value is -0.926. The van der Waals surface area contributed by atoms with Crippen molar-refractivity contribution in [3.05, 3.63) is 42.5 Å². The molecule has 0 aliphatic carbocycles. The summed E-state index contributed by atoms with van der Waals surface area (Å²) in [6.07, 6.45) is 4.47. The summed E-state index contributed by atoms with van der Waals surface area (Å²) in [5.41, 5.74) is 1.16. The lowest BCUT2D eigenvalue weighted by atomic mass is 9.83. The molecule has 39 heavy (non-hydrogen) atoms. The van der Waals surface area contributed by atoms with Gasteiger partial charge in [-0.05, 0) is 72.7 Å². The van der Waals surface area contributed by atoms with Crippen molar-refractivity contribution < 1.29 is 18.3 Å². The van der Waals surface area contributed by atoms with Crippen LogP contribution in [0.4, 0.5) is 0 Å². The predicted molar refractivity (Wildman–Crippen MR) is 174 cm³/mol. The summed E-state index contributed by atoms with van der Waals surface area (Å²) in [5, 5.41) is 0. The van der Waals surface area contributed by atoms with Crippen LogP contribution in [0.3, 0.4) is 0 Å². The van der Waals surface area contributed by atoms with Crippen LogP contribution in [0.25, 0.3) is 0 Å². The van der Waals surface area contributed by atoms with Crippen molar-refractivity contribution in [1.82, 2.24) is 0 Å². The van der Waals surface area contributed by atoms with Crippen molar-refractivity contribution in [3.63, 3.8) is 0 Å². The second kappa shape index (κ2) is 18.5. The number of benzene rings is 1. The van der Waals surface area contributed by atoms with Crippen LogP contribution in [0, 0.1) is 17.8 Å². The maximum Gasteiger partial charge on any atom is 0.192 e. The van der Waals surface area contributed by atoms with Gasteiger partial charge in [-0.3, -0.25) is 0 Å². The number of hydrogen-bond donors (Lipinski definition) is 0. The van der Waals surface area contributed by atoms with Crippen LogP contribution < -0.4 is 4.74 Å². The van der Waals surface area contributed by atoms with Gasteiger partial charge < -0.3 is 18.3 Å². The quantitative estimate of drug-likeness (QED) is 0.101. The van der Waals surface area contributed by atoms with E-state index in [0.29, 0.717) is 19.1 Å². The SMILES string of the molecule is C=CCC[C@H](C)[C@H](O[Si](CC)(CC)CC)[C@@H](C)[C@@H](O[Si](CC)(CC)CC)[C@@H](C)COCc1ccc(OC)cc1. The minimum absolute atomic E-state index is 0.112. The first kappa shape index (κ1) is 36.1. The summed E-state index contributed by atoms with van der Waals surface area (Å²) in [5.74, 6) is 1.89. The largest absolute Gasteiger partial charge is 0.497 e. The second-order valence-corrected chi connectivity index (χ2v) is 21.1. The fourth-order valence-electron chi connectivity index (χ4n) is 5.97. The van der Waals surface area contributed by atoms with E-state index in [-0.39, 0.29) is 24.0 Å². The van der Waals surface area contributed by atoms with Gasteiger partial charge in [0.25, 0.3) is 0 Å². The van der Waals surface area contributed by atoms with Crippen LogP contribution in [-0.4, -0.2) is 42.6 Å². The number of rotatable bonds is 22. The van der Waals surface area contributed by atoms with Gasteiger partial charge in [0, 0.05) is 11.8 Å². The molecule has 0 spiro atoms. The number of ether oxygens (including phenoxy) is 2. The molecule has 0 amide bonds. The van der Waals surface area contributed by atoms with Crippen LogP contribution in [-0.2, 0) is 20.2 Å². The molecule has 0 radical (unpaired) electrons. The Morgan fingerprint density at radius 3 is 1.62 bits per heavy atom. The molecule has 0 N–H and O–H groups in total. The molecule has 1 rings (SSSR count). The third-order valence-electron chi connectivity index (χ3n) is 9.43. The topological polar surface area (TPSA) is 36.9 Å². The first-order chi connectivity index (χ1) is 18.6. The first-order valence-corrected chi connectivity index (χ1v) is 20.9. The third-order valence-corrected chi connectivity index (χ3v) is 18.7. The summed E-state index contributed by atoms with van der Waals surface area (Å²) in [7, 11) is -1.94. The Bertz CT molecular complexity index is 760. The van der Waals surface area contributed by atoms with Gasteiger partial charge in [-0.15, -0.1) is 6.58 Å². The second-order valence-electron chi connectivity index (χ2n) is 11.7. The normalized spacial score (nSPS) is 16.4. The van der Waals surface area contributed by atoms with Gasteiger partial charge in [-0.25, -0.2) is 0 Å². The van der Waals surface area contributed by atoms with Crippen molar-refractivity contribution in [1.29, 1.82) is 0 Å². The first-order valence-electron chi connectivity index (χ1n) is 15.8. The Balaban J connectivity index is 3.28. The Morgan fingerprint density at radius 1 is 0.744 bits per heavy atom. The van der Waals surface area contributed by atoms with Crippen LogP contribution >= 0.6 is 0 Å². The lowest BCUT2D eigenvalue weighted by Gasteiger charge is -2.45. The van der Waals surface area contributed by atoms with Gasteiger partial charge in [0.05, 0.1) is 32.5 Å². The minimum Gasteiger partial charge on any atom is -0.497 e. The monoisotopic (exact) mass is 578 g/mol. The summed E-state index contributed by atoms with van der Waals surface area (Å²) in [4.78, 5) is 0. The number of allylic oxidation sites excluding steroid dienone is 1. The average Bonchev–Trinajstić information content (AvgIpc) is 2.98. The van der Waals surface area contributed by atoms with E-state index >= 15 is 0 Å². The highest BCUT2D eigenvalue weighted by atomic mass is 28.4. The van der Waals surface area contributed by atoms with Crippen molar-refractivity contribution in [2.75, 3.05) is 13.7 Å². The molecular weight excluding hydrogens is 517 g/mol. The Kier molecular flexibility index (Phi) is 17.1. The van der Waals surface area contributed by atoms with Crippen molar-refractivity contribution in [3.8, 4) is 5.75 Å². The minimum atomic E-state index is -1.84. The average molecular weight is 579 g/mol. The van der Waals surface area contributed by atoms with Crippen LogP contribution in [0.1, 0.15) is 80.7 Å². The molecule has 0 saturated heterocycles. The van der Waals surface area contributed by atoms with E-state index in [0.717, 1.165) is 42.3 Å². The van der Waals surface area contributed by atoms with E-state index in [9.17, 15) is 0 Å². The maximum atomic E-state index is 7.35. The van der Waals surface area contributed by atoms with E-state index in [1.807, 2.05) is 12.1 Å². The number of hydrogen-bond acceptors (Lipinski definition) is 4. The third kappa shape index (κ3) is 10.8. The fraction of sp³-hybridized carbons (Fsp3) is 0.758. The summed E-state index contributed by atoms with van der Waals surface area (Å²) in [6, 6.07) is 15.1. The van der Waals surface area contributed by atoms with E-state index in [1.54, 1.807) is 7.11 Å². The lowest BCUT2D eigenvalue weighted by Crippen LogP contribution is -2.52. The highest BCUT2D eigenvalue weighted by Gasteiger charge is 2.43. The highest BCUT2D eigenvalue weighted by molar-refractivity contribution is 6.74. The molecule has 0 aliphatic heterocycles. The molecule has 226 valence electrons. The molecule has 0 unspecified atom stereocenters. The zero-order valence-corrected chi connectivity index (χ0v) is 29.2. The van der Waals surface area contributed by atoms with E-state index in [1.165, 1.54) is 18.1 Å². The molecule has 5 atom stereocenters. The van der Waals surface area contributed by atoms with Gasteiger partial charge in [-0.1, -0.05) is 80.5 Å². The van der Waals surface area contributed by atoms with Crippen molar-refractivity contribution in [2.24, 2.45) is 17.8 Å². The molecule has 0 aromatic heterocycles. The van der Waals surface area contributed by atoms with Gasteiger partial charge in [0.1, 0.15) is 5.75 Å². The summed E-state index contributed by atoms with van der Waals surface area (Å²) < 4.78 is 26.3. The van der Waals surface area contributed by atoms with Crippen molar-refractivity contribution >= 4 is 16.6 Å². The van der Waals surface area contributed by atoms with Crippen LogP contribution in [0.2, 0.25) is 36.3 Å². The molecule has 1 aromatic rings. The maximum absolute atomic E-state index is 7.35. The smallest absolute Gasteiger partial charge is 0.192 e. The van der Waals surface area contributed by atoms with Gasteiger partial charge in [0.2, 0.25) is 0 Å². The highest BCUT2D eigenvalue weighted by Crippen LogP contribution is 2.37. The summed E-state index contributed by atoms with van der Waals surface area (Å²) >= 11 is 0. The predicted octanol–water partition coefficient (Wildman–Crippen LogP) is 9.87. The van der Waals surface area contributed by atoms with Crippen LogP contribution in [0.15, 0.2) is 36.9 Å². The van der Waals surface area contributed by atoms with E-state index in [4.69, 9.17) is 18.3 Å². The Morgan fingerprint density at radius 2 is 1.21 bits per heavy atom. The fourth-order valence-corrected chi connectivity index (χ4v) is 12.0. The van der Waals surface area contributed by atoms with Crippen LogP contribution in [0.5, 0.6) is 5.75 Å². The van der Waals surface area contributed by atoms with Gasteiger partial charge in [-0.2, -0.15) is 0 Å². The molecule has 1 aromatic carbocycles.